The Labute approximate surface area is 124 Å². The first-order valence-corrected chi connectivity index (χ1v) is 7.20. The fraction of sp³-hybridized carbons (Fsp3) is 0.533. The summed E-state index contributed by atoms with van der Waals surface area (Å²) in [5, 5.41) is 9.00. The highest BCUT2D eigenvalue weighted by atomic mass is 16.5. The summed E-state index contributed by atoms with van der Waals surface area (Å²) in [6, 6.07) is 3.98. The number of nitrogen functional groups attached to an aromatic ring is 1. The molecule has 6 nitrogen and oxygen atoms in total. The number of ether oxygens (including phenoxy) is 1. The van der Waals surface area contributed by atoms with Gasteiger partial charge in [-0.05, 0) is 19.9 Å². The molecular weight excluding hydrogens is 270 g/mol. The molecule has 3 rings (SSSR count). The summed E-state index contributed by atoms with van der Waals surface area (Å²) in [4.78, 5) is 14.5. The number of carboxylic acid groups (broad SMARTS) is 1. The van der Waals surface area contributed by atoms with Gasteiger partial charge in [0, 0.05) is 44.2 Å². The minimum Gasteiger partial charge on any atom is -0.487 e. The summed E-state index contributed by atoms with van der Waals surface area (Å²) in [7, 11) is 0. The minimum atomic E-state index is -0.860. The molecule has 1 saturated heterocycles. The fourth-order valence-corrected chi connectivity index (χ4v) is 3.07. The summed E-state index contributed by atoms with van der Waals surface area (Å²) in [6.45, 7) is 6.43. The molecule has 6 heteroatoms. The van der Waals surface area contributed by atoms with E-state index < -0.39 is 6.09 Å². The summed E-state index contributed by atoms with van der Waals surface area (Å²) in [5.74, 6) is 0.893. The smallest absolute Gasteiger partial charge is 0.407 e. The molecule has 3 N–H and O–H groups in total. The van der Waals surface area contributed by atoms with E-state index in [0.29, 0.717) is 26.2 Å². The molecule has 2 heterocycles. The zero-order chi connectivity index (χ0) is 15.2. The molecular formula is C15H21N3O3. The van der Waals surface area contributed by atoms with Crippen LogP contribution < -0.4 is 15.4 Å². The Morgan fingerprint density at radius 1 is 1.29 bits per heavy atom. The molecule has 0 aliphatic carbocycles. The highest BCUT2D eigenvalue weighted by Crippen LogP contribution is 2.40. The average Bonchev–Trinajstić information content (AvgIpc) is 2.71. The van der Waals surface area contributed by atoms with Crippen molar-refractivity contribution in [3.8, 4) is 5.75 Å². The number of piperazine rings is 1. The number of rotatable bonds is 1. The lowest BCUT2D eigenvalue weighted by Gasteiger charge is -2.35. The van der Waals surface area contributed by atoms with Gasteiger partial charge >= 0.3 is 6.09 Å². The van der Waals surface area contributed by atoms with Crippen molar-refractivity contribution in [2.75, 3.05) is 36.8 Å². The van der Waals surface area contributed by atoms with E-state index in [1.807, 2.05) is 12.1 Å². The Balaban J connectivity index is 1.80. The molecule has 1 fully saturated rings. The molecule has 0 aromatic heterocycles. The van der Waals surface area contributed by atoms with E-state index in [9.17, 15) is 4.79 Å². The lowest BCUT2D eigenvalue weighted by molar-refractivity contribution is 0.138. The van der Waals surface area contributed by atoms with Crippen molar-refractivity contribution in [1.82, 2.24) is 4.90 Å². The predicted octanol–water partition coefficient (Wildman–Crippen LogP) is 1.78. The van der Waals surface area contributed by atoms with Crippen LogP contribution in [0.1, 0.15) is 19.4 Å². The van der Waals surface area contributed by atoms with Crippen molar-refractivity contribution < 1.29 is 14.6 Å². The van der Waals surface area contributed by atoms with E-state index in [0.717, 1.165) is 29.1 Å². The lowest BCUT2D eigenvalue weighted by atomic mass is 10.0. The number of nitrogens with zero attached hydrogens (tertiary/aromatic N) is 2. The minimum absolute atomic E-state index is 0.185. The molecule has 114 valence electrons. The Kier molecular flexibility index (Phi) is 3.11. The number of hydrogen-bond acceptors (Lipinski definition) is 4. The number of nitrogens with two attached hydrogens (primary N) is 1. The average molecular weight is 291 g/mol. The van der Waals surface area contributed by atoms with Gasteiger partial charge in [-0.15, -0.1) is 0 Å². The molecule has 0 spiro atoms. The number of fused-ring (bicyclic) bond motifs is 1. The van der Waals surface area contributed by atoms with Crippen LogP contribution in [-0.4, -0.2) is 47.9 Å². The Morgan fingerprint density at radius 2 is 1.95 bits per heavy atom. The van der Waals surface area contributed by atoms with Crippen molar-refractivity contribution in [3.05, 3.63) is 17.7 Å². The van der Waals surface area contributed by atoms with Crippen LogP contribution in [0.3, 0.4) is 0 Å². The summed E-state index contributed by atoms with van der Waals surface area (Å²) >= 11 is 0. The topological polar surface area (TPSA) is 79.0 Å². The van der Waals surface area contributed by atoms with Crippen LogP contribution in [0.2, 0.25) is 0 Å². The SMILES string of the molecule is CC1(C)Cc2cc(N)c(N3CCN(C(=O)O)CC3)cc2O1. The van der Waals surface area contributed by atoms with Gasteiger partial charge in [0.25, 0.3) is 0 Å². The van der Waals surface area contributed by atoms with Crippen molar-refractivity contribution in [2.24, 2.45) is 0 Å². The number of carbonyl (C=O) groups is 1. The van der Waals surface area contributed by atoms with E-state index in [2.05, 4.69) is 18.7 Å². The van der Waals surface area contributed by atoms with Gasteiger partial charge in [-0.3, -0.25) is 0 Å². The first-order valence-electron chi connectivity index (χ1n) is 7.20. The Bertz CT molecular complexity index is 578. The zero-order valence-electron chi connectivity index (χ0n) is 12.4. The third kappa shape index (κ3) is 2.57. The molecule has 1 aromatic carbocycles. The quantitative estimate of drug-likeness (QED) is 0.771. The molecule has 0 radical (unpaired) electrons. The number of hydrogen-bond donors (Lipinski definition) is 2. The van der Waals surface area contributed by atoms with Gasteiger partial charge in [0.1, 0.15) is 11.4 Å². The monoisotopic (exact) mass is 291 g/mol. The molecule has 0 atom stereocenters. The second kappa shape index (κ2) is 4.72. The van der Waals surface area contributed by atoms with E-state index in [-0.39, 0.29) is 5.60 Å². The van der Waals surface area contributed by atoms with Crippen LogP contribution in [0.4, 0.5) is 16.2 Å². The van der Waals surface area contributed by atoms with E-state index in [1.165, 1.54) is 4.90 Å². The number of amides is 1. The second-order valence-corrected chi connectivity index (χ2v) is 6.31. The zero-order valence-corrected chi connectivity index (χ0v) is 12.4. The Hall–Kier alpha value is -2.11. The summed E-state index contributed by atoms with van der Waals surface area (Å²) in [6.07, 6.45) is 0.00114. The van der Waals surface area contributed by atoms with Crippen molar-refractivity contribution in [1.29, 1.82) is 0 Å². The molecule has 2 aliphatic rings. The maximum atomic E-state index is 11.0. The van der Waals surface area contributed by atoms with Crippen LogP contribution in [0.15, 0.2) is 12.1 Å². The third-order valence-corrected chi connectivity index (χ3v) is 4.10. The van der Waals surface area contributed by atoms with Crippen molar-refractivity contribution in [2.45, 2.75) is 25.9 Å². The largest absolute Gasteiger partial charge is 0.487 e. The number of benzene rings is 1. The molecule has 0 saturated carbocycles. The molecule has 1 aromatic rings. The van der Waals surface area contributed by atoms with Gasteiger partial charge < -0.3 is 25.4 Å². The van der Waals surface area contributed by atoms with Crippen LogP contribution in [0, 0.1) is 0 Å². The van der Waals surface area contributed by atoms with Gasteiger partial charge in [0.05, 0.1) is 11.4 Å². The maximum absolute atomic E-state index is 11.0. The molecule has 2 aliphatic heterocycles. The molecule has 0 unspecified atom stereocenters. The van der Waals surface area contributed by atoms with E-state index >= 15 is 0 Å². The highest BCUT2D eigenvalue weighted by Gasteiger charge is 2.32. The lowest BCUT2D eigenvalue weighted by Crippen LogP contribution is -2.48. The van der Waals surface area contributed by atoms with Crippen LogP contribution in [-0.2, 0) is 6.42 Å². The third-order valence-electron chi connectivity index (χ3n) is 4.10. The first-order chi connectivity index (χ1) is 9.85. The normalized spacial score (nSPS) is 20.1. The predicted molar refractivity (Wildman–Crippen MR) is 81.1 cm³/mol. The molecule has 1 amide bonds. The second-order valence-electron chi connectivity index (χ2n) is 6.31. The summed E-state index contributed by atoms with van der Waals surface area (Å²) < 4.78 is 5.95. The van der Waals surface area contributed by atoms with Gasteiger partial charge in [-0.1, -0.05) is 0 Å². The van der Waals surface area contributed by atoms with Gasteiger partial charge in [-0.25, -0.2) is 4.79 Å². The van der Waals surface area contributed by atoms with Gasteiger partial charge in [-0.2, -0.15) is 0 Å². The van der Waals surface area contributed by atoms with Gasteiger partial charge in [0.2, 0.25) is 0 Å². The standard InChI is InChI=1S/C15H21N3O3/c1-15(2)9-10-7-11(16)12(8-13(10)21-15)17-3-5-18(6-4-17)14(19)20/h7-8H,3-6,9,16H2,1-2H3,(H,19,20). The van der Waals surface area contributed by atoms with Crippen molar-refractivity contribution in [3.63, 3.8) is 0 Å². The first kappa shape index (κ1) is 13.9. The van der Waals surface area contributed by atoms with E-state index in [4.69, 9.17) is 15.6 Å². The van der Waals surface area contributed by atoms with Crippen molar-refractivity contribution >= 4 is 17.5 Å². The molecule has 21 heavy (non-hydrogen) atoms. The maximum Gasteiger partial charge on any atom is 0.407 e. The molecule has 0 bridgehead atoms. The van der Waals surface area contributed by atoms with Crippen LogP contribution >= 0.6 is 0 Å². The van der Waals surface area contributed by atoms with E-state index in [1.54, 1.807) is 0 Å². The van der Waals surface area contributed by atoms with Crippen LogP contribution in [0.25, 0.3) is 0 Å². The van der Waals surface area contributed by atoms with Crippen LogP contribution in [0.5, 0.6) is 5.75 Å². The van der Waals surface area contributed by atoms with Gasteiger partial charge in [0.15, 0.2) is 0 Å². The highest BCUT2D eigenvalue weighted by molar-refractivity contribution is 5.73. The fourth-order valence-electron chi connectivity index (χ4n) is 3.07. The Morgan fingerprint density at radius 3 is 2.57 bits per heavy atom. The summed E-state index contributed by atoms with van der Waals surface area (Å²) in [5.41, 5.74) is 8.82. The number of anilines is 2.